The van der Waals surface area contributed by atoms with E-state index in [2.05, 4.69) is 17.7 Å². The first-order valence-electron chi connectivity index (χ1n) is 7.05. The van der Waals surface area contributed by atoms with Crippen molar-refractivity contribution in [3.63, 3.8) is 0 Å². The fourth-order valence-electron chi connectivity index (χ4n) is 2.64. The second-order valence-electron chi connectivity index (χ2n) is 5.16. The van der Waals surface area contributed by atoms with Crippen LogP contribution in [0.3, 0.4) is 0 Å². The highest BCUT2D eigenvalue weighted by Gasteiger charge is 2.14. The number of rotatable bonds is 6. The Balaban J connectivity index is 2.59. The van der Waals surface area contributed by atoms with Crippen LogP contribution in [-0.4, -0.2) is 27.4 Å². The number of aryl methyl sites for hydroxylation is 3. The molecule has 0 spiro atoms. The molecule has 0 aliphatic heterocycles. The molecular formula is C16H21NO3. The van der Waals surface area contributed by atoms with Crippen LogP contribution in [-0.2, 0) is 13.0 Å². The van der Waals surface area contributed by atoms with Crippen LogP contribution in [0, 0.1) is 6.92 Å². The number of aromatic nitrogens is 1. The molecular weight excluding hydrogens is 254 g/mol. The second kappa shape index (κ2) is 6.09. The third kappa shape index (κ3) is 2.70. The van der Waals surface area contributed by atoms with E-state index in [1.807, 2.05) is 13.0 Å². The molecule has 20 heavy (non-hydrogen) atoms. The van der Waals surface area contributed by atoms with Crippen molar-refractivity contribution in [1.29, 1.82) is 0 Å². The Kier molecular flexibility index (Phi) is 4.45. The number of hydrogen-bond donors (Lipinski definition) is 2. The number of aliphatic hydroxyl groups excluding tert-OH is 1. The zero-order chi connectivity index (χ0) is 14.7. The molecule has 2 N–H and O–H groups in total. The number of nitrogens with zero attached hydrogens (tertiary/aromatic N) is 1. The van der Waals surface area contributed by atoms with Gasteiger partial charge in [0.25, 0.3) is 0 Å². The summed E-state index contributed by atoms with van der Waals surface area (Å²) in [7, 11) is 0. The van der Waals surface area contributed by atoms with Crippen molar-refractivity contribution >= 4 is 16.9 Å². The SMILES string of the molecule is CCCc1cn(CCCO)c2cc(C)c(C(=O)O)cc12. The molecule has 0 aliphatic rings. The number of carboxylic acids is 1. The number of carbonyl (C=O) groups is 1. The monoisotopic (exact) mass is 275 g/mol. The predicted octanol–water partition coefficient (Wildman–Crippen LogP) is 2.98. The summed E-state index contributed by atoms with van der Waals surface area (Å²) in [5.41, 5.74) is 3.39. The lowest BCUT2D eigenvalue weighted by Crippen LogP contribution is -2.01. The Hall–Kier alpha value is -1.81. The third-order valence-corrected chi connectivity index (χ3v) is 3.62. The Bertz CT molecular complexity index is 628. The van der Waals surface area contributed by atoms with E-state index in [1.165, 1.54) is 5.56 Å². The average molecular weight is 275 g/mol. The van der Waals surface area contributed by atoms with Crippen molar-refractivity contribution in [2.24, 2.45) is 0 Å². The molecule has 0 unspecified atom stereocenters. The van der Waals surface area contributed by atoms with Gasteiger partial charge >= 0.3 is 5.97 Å². The van der Waals surface area contributed by atoms with E-state index in [-0.39, 0.29) is 6.61 Å². The zero-order valence-corrected chi connectivity index (χ0v) is 12.0. The molecule has 4 nitrogen and oxygen atoms in total. The van der Waals surface area contributed by atoms with Gasteiger partial charge in [0.2, 0.25) is 0 Å². The van der Waals surface area contributed by atoms with E-state index in [0.29, 0.717) is 12.0 Å². The fraction of sp³-hybridized carbons (Fsp3) is 0.438. The van der Waals surface area contributed by atoms with Crippen LogP contribution in [0.1, 0.15) is 41.3 Å². The van der Waals surface area contributed by atoms with Crippen LogP contribution in [0.4, 0.5) is 0 Å². The van der Waals surface area contributed by atoms with E-state index in [0.717, 1.165) is 35.9 Å². The van der Waals surface area contributed by atoms with E-state index in [4.69, 9.17) is 5.11 Å². The third-order valence-electron chi connectivity index (χ3n) is 3.62. The molecule has 4 heteroatoms. The maximum atomic E-state index is 11.3. The average Bonchev–Trinajstić information content (AvgIpc) is 2.73. The molecule has 1 aromatic carbocycles. The van der Waals surface area contributed by atoms with Crippen LogP contribution in [0.5, 0.6) is 0 Å². The van der Waals surface area contributed by atoms with Gasteiger partial charge in [0.1, 0.15) is 0 Å². The molecule has 0 radical (unpaired) electrons. The topological polar surface area (TPSA) is 62.5 Å². The van der Waals surface area contributed by atoms with E-state index < -0.39 is 5.97 Å². The Labute approximate surface area is 118 Å². The quantitative estimate of drug-likeness (QED) is 0.852. The summed E-state index contributed by atoms with van der Waals surface area (Å²) in [6.07, 6.45) is 4.75. The van der Waals surface area contributed by atoms with Gasteiger partial charge in [-0.05, 0) is 43.0 Å². The fourth-order valence-corrected chi connectivity index (χ4v) is 2.64. The van der Waals surface area contributed by atoms with E-state index >= 15 is 0 Å². The Morgan fingerprint density at radius 1 is 1.35 bits per heavy atom. The van der Waals surface area contributed by atoms with Crippen molar-refractivity contribution < 1.29 is 15.0 Å². The van der Waals surface area contributed by atoms with Crippen molar-refractivity contribution in [1.82, 2.24) is 4.57 Å². The van der Waals surface area contributed by atoms with Gasteiger partial charge in [0, 0.05) is 30.3 Å². The highest BCUT2D eigenvalue weighted by Crippen LogP contribution is 2.26. The molecule has 1 aromatic heterocycles. The molecule has 0 saturated carbocycles. The Morgan fingerprint density at radius 2 is 2.10 bits per heavy atom. The summed E-state index contributed by atoms with van der Waals surface area (Å²) < 4.78 is 2.12. The summed E-state index contributed by atoms with van der Waals surface area (Å²) in [5.74, 6) is -0.880. The Morgan fingerprint density at radius 3 is 2.70 bits per heavy atom. The maximum absolute atomic E-state index is 11.3. The minimum absolute atomic E-state index is 0.162. The molecule has 2 aromatic rings. The highest BCUT2D eigenvalue weighted by atomic mass is 16.4. The van der Waals surface area contributed by atoms with Crippen molar-refractivity contribution in [3.8, 4) is 0 Å². The summed E-state index contributed by atoms with van der Waals surface area (Å²) in [6.45, 7) is 4.85. The van der Waals surface area contributed by atoms with Crippen LogP contribution >= 0.6 is 0 Å². The lowest BCUT2D eigenvalue weighted by Gasteiger charge is -2.06. The molecule has 0 saturated heterocycles. The number of aromatic carboxylic acids is 1. The van der Waals surface area contributed by atoms with Crippen molar-refractivity contribution in [2.75, 3.05) is 6.61 Å². The number of hydrogen-bond acceptors (Lipinski definition) is 2. The molecule has 0 amide bonds. The zero-order valence-electron chi connectivity index (χ0n) is 12.0. The van der Waals surface area contributed by atoms with E-state index in [9.17, 15) is 9.90 Å². The molecule has 2 rings (SSSR count). The number of aliphatic hydroxyl groups is 1. The van der Waals surface area contributed by atoms with Crippen molar-refractivity contribution in [3.05, 3.63) is 35.0 Å². The number of fused-ring (bicyclic) bond motifs is 1. The van der Waals surface area contributed by atoms with Crippen LogP contribution in [0.25, 0.3) is 10.9 Å². The van der Waals surface area contributed by atoms with Crippen molar-refractivity contribution in [2.45, 2.75) is 39.7 Å². The summed E-state index contributed by atoms with van der Waals surface area (Å²) in [4.78, 5) is 11.3. The minimum Gasteiger partial charge on any atom is -0.478 e. The highest BCUT2D eigenvalue weighted by molar-refractivity contribution is 5.96. The number of benzene rings is 1. The molecule has 108 valence electrons. The number of carboxylic acid groups (broad SMARTS) is 1. The first kappa shape index (κ1) is 14.6. The molecule has 0 aliphatic carbocycles. The largest absolute Gasteiger partial charge is 0.478 e. The van der Waals surface area contributed by atoms with Gasteiger partial charge in [-0.2, -0.15) is 0 Å². The van der Waals surface area contributed by atoms with Gasteiger partial charge in [-0.25, -0.2) is 4.79 Å². The standard InChI is InChI=1S/C16H21NO3/c1-3-5-12-10-17(6-4-7-18)15-8-11(2)13(16(19)20)9-14(12)15/h8-10,18H,3-7H2,1-2H3,(H,19,20). The van der Waals surface area contributed by atoms with E-state index in [1.54, 1.807) is 6.07 Å². The van der Waals surface area contributed by atoms with Gasteiger partial charge in [0.15, 0.2) is 0 Å². The lowest BCUT2D eigenvalue weighted by molar-refractivity contribution is 0.0696. The first-order chi connectivity index (χ1) is 9.58. The lowest BCUT2D eigenvalue weighted by atomic mass is 10.0. The molecule has 0 bridgehead atoms. The van der Waals surface area contributed by atoms with Crippen LogP contribution in [0.15, 0.2) is 18.3 Å². The molecule has 0 atom stereocenters. The maximum Gasteiger partial charge on any atom is 0.335 e. The molecule has 1 heterocycles. The first-order valence-corrected chi connectivity index (χ1v) is 7.05. The van der Waals surface area contributed by atoms with Gasteiger partial charge in [-0.1, -0.05) is 13.3 Å². The van der Waals surface area contributed by atoms with Gasteiger partial charge in [-0.3, -0.25) is 0 Å². The minimum atomic E-state index is -0.880. The summed E-state index contributed by atoms with van der Waals surface area (Å²) >= 11 is 0. The van der Waals surface area contributed by atoms with Crippen LogP contribution < -0.4 is 0 Å². The summed E-state index contributed by atoms with van der Waals surface area (Å²) in [6, 6.07) is 3.72. The summed E-state index contributed by atoms with van der Waals surface area (Å²) in [5, 5.41) is 19.3. The smallest absolute Gasteiger partial charge is 0.335 e. The van der Waals surface area contributed by atoms with Gasteiger partial charge < -0.3 is 14.8 Å². The molecule has 0 fully saturated rings. The van der Waals surface area contributed by atoms with Gasteiger partial charge in [0.05, 0.1) is 5.56 Å². The predicted molar refractivity (Wildman–Crippen MR) is 79.3 cm³/mol. The second-order valence-corrected chi connectivity index (χ2v) is 5.16. The van der Waals surface area contributed by atoms with Gasteiger partial charge in [-0.15, -0.1) is 0 Å². The van der Waals surface area contributed by atoms with Crippen LogP contribution in [0.2, 0.25) is 0 Å². The normalized spacial score (nSPS) is 11.2.